The van der Waals surface area contributed by atoms with Gasteiger partial charge < -0.3 is 9.64 Å². The molecule has 0 aromatic rings. The van der Waals surface area contributed by atoms with Gasteiger partial charge in [-0.25, -0.2) is 0 Å². The molecule has 0 N–H and O–H groups in total. The van der Waals surface area contributed by atoms with Crippen LogP contribution in [-0.2, 0) is 9.53 Å². The zero-order valence-corrected chi connectivity index (χ0v) is 15.8. The molecule has 3 rings (SSSR count). The molecule has 0 radical (unpaired) electrons. The molecule has 0 saturated carbocycles. The second kappa shape index (κ2) is 7.71. The zero-order valence-electron chi connectivity index (χ0n) is 15.8. The van der Waals surface area contributed by atoms with Gasteiger partial charge >= 0.3 is 0 Å². The van der Waals surface area contributed by atoms with Crippen LogP contribution in [0.5, 0.6) is 0 Å². The first-order valence-electron chi connectivity index (χ1n) is 9.77. The Morgan fingerprint density at radius 3 is 2.29 bits per heavy atom. The van der Waals surface area contributed by atoms with E-state index in [1.165, 1.54) is 6.42 Å². The molecule has 3 aliphatic heterocycles. The van der Waals surface area contributed by atoms with Crippen molar-refractivity contribution in [1.29, 1.82) is 0 Å². The summed E-state index contributed by atoms with van der Waals surface area (Å²) in [4.78, 5) is 20.0. The maximum absolute atomic E-state index is 12.9. The number of carbonyl (C=O) groups excluding carboxylic acids is 1. The van der Waals surface area contributed by atoms with Crippen molar-refractivity contribution in [1.82, 2.24) is 14.7 Å². The molecule has 24 heavy (non-hydrogen) atoms. The lowest BCUT2D eigenvalue weighted by molar-refractivity contribution is -0.136. The Labute approximate surface area is 147 Å². The van der Waals surface area contributed by atoms with Crippen LogP contribution in [0.3, 0.4) is 0 Å². The minimum absolute atomic E-state index is 0.227. The Kier molecular flexibility index (Phi) is 5.83. The van der Waals surface area contributed by atoms with Gasteiger partial charge in [0.05, 0.1) is 13.2 Å². The lowest BCUT2D eigenvalue weighted by Crippen LogP contribution is -2.48. The number of ether oxygens (including phenoxy) is 1. The Morgan fingerprint density at radius 1 is 1.00 bits per heavy atom. The van der Waals surface area contributed by atoms with Gasteiger partial charge in [-0.2, -0.15) is 0 Å². The SMILES string of the molecule is CC(C)(C)N1CCC(C(=O)N2CCC(CN3CCOCC3)C2)CC1. The van der Waals surface area contributed by atoms with Gasteiger partial charge in [0.1, 0.15) is 0 Å². The Balaban J connectivity index is 1.43. The Morgan fingerprint density at radius 2 is 1.67 bits per heavy atom. The Hall–Kier alpha value is -0.650. The molecule has 3 aliphatic rings. The standard InChI is InChI=1S/C19H35N3O2/c1-19(2,3)22-8-5-17(6-9-22)18(23)21-7-4-16(15-21)14-20-10-12-24-13-11-20/h16-17H,4-15H2,1-3H3. The van der Waals surface area contributed by atoms with Crippen molar-refractivity contribution in [3.8, 4) is 0 Å². The number of amides is 1. The van der Waals surface area contributed by atoms with Crippen molar-refractivity contribution >= 4 is 5.91 Å². The monoisotopic (exact) mass is 337 g/mol. The number of piperidine rings is 1. The molecule has 3 fully saturated rings. The number of morpholine rings is 1. The van der Waals surface area contributed by atoms with E-state index < -0.39 is 0 Å². The normalized spacial score (nSPS) is 28.5. The van der Waals surface area contributed by atoms with Gasteiger partial charge in [0.25, 0.3) is 0 Å². The van der Waals surface area contributed by atoms with Crippen molar-refractivity contribution in [2.24, 2.45) is 11.8 Å². The quantitative estimate of drug-likeness (QED) is 0.785. The average Bonchev–Trinajstić information content (AvgIpc) is 3.03. The highest BCUT2D eigenvalue weighted by molar-refractivity contribution is 5.79. The number of hydrogen-bond acceptors (Lipinski definition) is 4. The molecule has 1 atom stereocenters. The van der Waals surface area contributed by atoms with Crippen LogP contribution < -0.4 is 0 Å². The van der Waals surface area contributed by atoms with Crippen LogP contribution in [0.4, 0.5) is 0 Å². The molecule has 138 valence electrons. The smallest absolute Gasteiger partial charge is 0.225 e. The lowest BCUT2D eigenvalue weighted by atomic mass is 9.92. The molecule has 0 bridgehead atoms. The van der Waals surface area contributed by atoms with Crippen molar-refractivity contribution < 1.29 is 9.53 Å². The molecule has 3 saturated heterocycles. The highest BCUT2D eigenvalue weighted by Crippen LogP contribution is 2.27. The number of nitrogens with zero attached hydrogens (tertiary/aromatic N) is 3. The fourth-order valence-electron chi connectivity index (χ4n) is 4.39. The molecule has 1 unspecified atom stereocenters. The maximum Gasteiger partial charge on any atom is 0.225 e. The third-order valence-corrected chi connectivity index (χ3v) is 6.01. The summed E-state index contributed by atoms with van der Waals surface area (Å²) in [6.45, 7) is 15.8. The van der Waals surface area contributed by atoms with Gasteiger partial charge in [-0.05, 0) is 59.0 Å². The van der Waals surface area contributed by atoms with E-state index in [9.17, 15) is 4.79 Å². The van der Waals surface area contributed by atoms with E-state index in [1.807, 2.05) is 0 Å². The van der Waals surface area contributed by atoms with Gasteiger partial charge in [0.15, 0.2) is 0 Å². The summed E-state index contributed by atoms with van der Waals surface area (Å²) in [5.41, 5.74) is 0.227. The third-order valence-electron chi connectivity index (χ3n) is 6.01. The second-order valence-corrected chi connectivity index (χ2v) is 8.78. The van der Waals surface area contributed by atoms with Crippen LogP contribution in [0.1, 0.15) is 40.0 Å². The van der Waals surface area contributed by atoms with Gasteiger partial charge in [-0.15, -0.1) is 0 Å². The number of likely N-dealkylation sites (tertiary alicyclic amines) is 2. The molecule has 5 nitrogen and oxygen atoms in total. The topological polar surface area (TPSA) is 36.0 Å². The summed E-state index contributed by atoms with van der Waals surface area (Å²) >= 11 is 0. The van der Waals surface area contributed by atoms with Gasteiger partial charge in [0.2, 0.25) is 5.91 Å². The highest BCUT2D eigenvalue weighted by atomic mass is 16.5. The largest absolute Gasteiger partial charge is 0.379 e. The minimum atomic E-state index is 0.227. The van der Waals surface area contributed by atoms with E-state index in [1.54, 1.807) is 0 Å². The highest BCUT2D eigenvalue weighted by Gasteiger charge is 2.35. The molecule has 0 aliphatic carbocycles. The summed E-state index contributed by atoms with van der Waals surface area (Å²) in [6, 6.07) is 0. The number of rotatable bonds is 3. The van der Waals surface area contributed by atoms with E-state index in [-0.39, 0.29) is 11.5 Å². The fourth-order valence-corrected chi connectivity index (χ4v) is 4.39. The van der Waals surface area contributed by atoms with Crippen molar-refractivity contribution in [3.63, 3.8) is 0 Å². The second-order valence-electron chi connectivity index (χ2n) is 8.78. The molecule has 5 heteroatoms. The molecular weight excluding hydrogens is 302 g/mol. The van der Waals surface area contributed by atoms with Gasteiger partial charge in [-0.3, -0.25) is 14.6 Å². The average molecular weight is 338 g/mol. The molecule has 3 heterocycles. The Bertz CT molecular complexity index is 421. The predicted molar refractivity (Wildman–Crippen MR) is 96.0 cm³/mol. The van der Waals surface area contributed by atoms with Crippen LogP contribution >= 0.6 is 0 Å². The molecule has 0 aromatic carbocycles. The minimum Gasteiger partial charge on any atom is -0.379 e. The van der Waals surface area contributed by atoms with E-state index in [2.05, 4.69) is 35.5 Å². The number of hydrogen-bond donors (Lipinski definition) is 0. The predicted octanol–water partition coefficient (Wildman–Crippen LogP) is 1.68. The van der Waals surface area contributed by atoms with E-state index >= 15 is 0 Å². The van der Waals surface area contributed by atoms with Crippen molar-refractivity contribution in [2.75, 3.05) is 59.0 Å². The van der Waals surface area contributed by atoms with Crippen LogP contribution in [0.25, 0.3) is 0 Å². The van der Waals surface area contributed by atoms with E-state index in [0.717, 1.165) is 71.9 Å². The van der Waals surface area contributed by atoms with Crippen LogP contribution in [0, 0.1) is 11.8 Å². The summed E-state index contributed by atoms with van der Waals surface area (Å²) in [6.07, 6.45) is 3.23. The van der Waals surface area contributed by atoms with Crippen molar-refractivity contribution in [2.45, 2.75) is 45.6 Å². The summed E-state index contributed by atoms with van der Waals surface area (Å²) in [5, 5.41) is 0. The van der Waals surface area contributed by atoms with Crippen molar-refractivity contribution in [3.05, 3.63) is 0 Å². The molecular formula is C19H35N3O2. The molecule has 0 spiro atoms. The first-order valence-corrected chi connectivity index (χ1v) is 9.77. The van der Waals surface area contributed by atoms with Gasteiger partial charge in [0, 0.05) is 44.2 Å². The van der Waals surface area contributed by atoms with Gasteiger partial charge in [-0.1, -0.05) is 0 Å². The van der Waals surface area contributed by atoms with E-state index in [0.29, 0.717) is 11.8 Å². The first-order chi connectivity index (χ1) is 11.4. The summed E-state index contributed by atoms with van der Waals surface area (Å²) in [5.74, 6) is 1.33. The maximum atomic E-state index is 12.9. The van der Waals surface area contributed by atoms with Crippen LogP contribution in [-0.4, -0.2) is 85.2 Å². The van der Waals surface area contributed by atoms with Crippen LogP contribution in [0.2, 0.25) is 0 Å². The molecule has 1 amide bonds. The summed E-state index contributed by atoms with van der Waals surface area (Å²) in [7, 11) is 0. The molecule has 0 aromatic heterocycles. The van der Waals surface area contributed by atoms with E-state index in [4.69, 9.17) is 4.74 Å². The first kappa shape index (κ1) is 18.2. The fraction of sp³-hybridized carbons (Fsp3) is 0.947. The lowest BCUT2D eigenvalue weighted by Gasteiger charge is -2.41. The number of carbonyl (C=O) groups is 1. The third kappa shape index (κ3) is 4.50. The van der Waals surface area contributed by atoms with Crippen LogP contribution in [0.15, 0.2) is 0 Å². The zero-order chi connectivity index (χ0) is 17.2. The summed E-state index contributed by atoms with van der Waals surface area (Å²) < 4.78 is 5.43.